The van der Waals surface area contributed by atoms with Crippen LogP contribution in [0.25, 0.3) is 10.4 Å². The summed E-state index contributed by atoms with van der Waals surface area (Å²) in [6.07, 6.45) is 6.51. The topological polar surface area (TPSA) is 84.6 Å². The fourth-order valence-electron chi connectivity index (χ4n) is 2.05. The lowest BCUT2D eigenvalue weighted by Gasteiger charge is -2.25. The highest BCUT2D eigenvalue weighted by Crippen LogP contribution is 2.26. The third kappa shape index (κ3) is 3.78. The standard InChI is InChI=1S/C10H17N5/c11-9-10(13-7-8-14-15-12)5-3-1-2-4-6-10/h13H,1-8H2. The van der Waals surface area contributed by atoms with Gasteiger partial charge in [-0.15, -0.1) is 0 Å². The van der Waals surface area contributed by atoms with Crippen molar-refractivity contribution in [2.45, 2.75) is 44.1 Å². The van der Waals surface area contributed by atoms with Gasteiger partial charge in [0.25, 0.3) is 0 Å². The van der Waals surface area contributed by atoms with Gasteiger partial charge in [0.15, 0.2) is 0 Å². The van der Waals surface area contributed by atoms with E-state index in [1.807, 2.05) is 0 Å². The van der Waals surface area contributed by atoms with Gasteiger partial charge >= 0.3 is 0 Å². The van der Waals surface area contributed by atoms with Gasteiger partial charge in [0.1, 0.15) is 5.54 Å². The van der Waals surface area contributed by atoms with Crippen LogP contribution in [0, 0.1) is 11.3 Å². The van der Waals surface area contributed by atoms with Gasteiger partial charge in [0, 0.05) is 18.0 Å². The van der Waals surface area contributed by atoms with Crippen molar-refractivity contribution in [1.29, 1.82) is 5.26 Å². The van der Waals surface area contributed by atoms with Crippen molar-refractivity contribution in [3.63, 3.8) is 0 Å². The molecule has 0 aromatic rings. The second kappa shape index (κ2) is 6.28. The van der Waals surface area contributed by atoms with E-state index in [1.165, 1.54) is 12.8 Å². The molecular formula is C10H17N5. The summed E-state index contributed by atoms with van der Waals surface area (Å²) in [5, 5.41) is 15.9. The zero-order valence-corrected chi connectivity index (χ0v) is 8.95. The highest BCUT2D eigenvalue weighted by atomic mass is 15.1. The van der Waals surface area contributed by atoms with Gasteiger partial charge in [-0.2, -0.15) is 5.26 Å². The molecular weight excluding hydrogens is 190 g/mol. The fourth-order valence-corrected chi connectivity index (χ4v) is 2.05. The molecule has 5 heteroatoms. The van der Waals surface area contributed by atoms with Crippen LogP contribution in [0.3, 0.4) is 0 Å². The van der Waals surface area contributed by atoms with E-state index in [2.05, 4.69) is 21.4 Å². The van der Waals surface area contributed by atoms with Crippen LogP contribution in [0.5, 0.6) is 0 Å². The predicted molar refractivity (Wildman–Crippen MR) is 58.1 cm³/mol. The maximum Gasteiger partial charge on any atom is 0.106 e. The van der Waals surface area contributed by atoms with Crippen LogP contribution in [0.15, 0.2) is 5.11 Å². The summed E-state index contributed by atoms with van der Waals surface area (Å²) in [5.41, 5.74) is 7.76. The summed E-state index contributed by atoms with van der Waals surface area (Å²) in [6.45, 7) is 1.01. The SMILES string of the molecule is N#CC1(NCCN=[N+]=[N-])CCCCCC1. The molecule has 1 saturated carbocycles. The highest BCUT2D eigenvalue weighted by molar-refractivity contribution is 5.07. The molecule has 1 N–H and O–H groups in total. The Morgan fingerprint density at radius 2 is 2.00 bits per heavy atom. The Hall–Kier alpha value is -1.24. The average molecular weight is 207 g/mol. The number of hydrogen-bond donors (Lipinski definition) is 1. The number of nitrogens with zero attached hydrogens (tertiary/aromatic N) is 4. The van der Waals surface area contributed by atoms with Gasteiger partial charge < -0.3 is 0 Å². The van der Waals surface area contributed by atoms with E-state index in [4.69, 9.17) is 5.53 Å². The summed E-state index contributed by atoms with van der Waals surface area (Å²) < 4.78 is 0. The Morgan fingerprint density at radius 1 is 1.33 bits per heavy atom. The molecule has 0 heterocycles. The summed E-state index contributed by atoms with van der Waals surface area (Å²) in [5.74, 6) is 0. The molecule has 1 rings (SSSR count). The number of nitrogens with one attached hydrogen (secondary N) is 1. The third-order valence-electron chi connectivity index (χ3n) is 2.91. The minimum absolute atomic E-state index is 0.374. The summed E-state index contributed by atoms with van der Waals surface area (Å²) in [6, 6.07) is 2.39. The first-order valence-electron chi connectivity index (χ1n) is 5.50. The Balaban J connectivity index is 2.44. The lowest BCUT2D eigenvalue weighted by Crippen LogP contribution is -2.44. The molecule has 0 aromatic heterocycles. The Bertz CT molecular complexity index is 266. The number of nitriles is 1. The lowest BCUT2D eigenvalue weighted by atomic mass is 9.92. The van der Waals surface area contributed by atoms with E-state index >= 15 is 0 Å². The molecule has 15 heavy (non-hydrogen) atoms. The van der Waals surface area contributed by atoms with E-state index in [0.717, 1.165) is 25.7 Å². The molecule has 0 saturated heterocycles. The van der Waals surface area contributed by atoms with Crippen molar-refractivity contribution < 1.29 is 0 Å². The molecule has 82 valence electrons. The van der Waals surface area contributed by atoms with E-state index in [-0.39, 0.29) is 5.54 Å². The van der Waals surface area contributed by atoms with E-state index in [1.54, 1.807) is 0 Å². The fraction of sp³-hybridized carbons (Fsp3) is 0.900. The van der Waals surface area contributed by atoms with Crippen LogP contribution >= 0.6 is 0 Å². The van der Waals surface area contributed by atoms with Gasteiger partial charge in [-0.3, -0.25) is 5.32 Å². The first-order chi connectivity index (χ1) is 7.33. The van der Waals surface area contributed by atoms with Gasteiger partial charge in [-0.1, -0.05) is 30.8 Å². The maximum absolute atomic E-state index is 9.21. The largest absolute Gasteiger partial charge is 0.299 e. The molecule has 0 unspecified atom stereocenters. The van der Waals surface area contributed by atoms with Crippen LogP contribution in [-0.2, 0) is 0 Å². The second-order valence-electron chi connectivity index (χ2n) is 3.99. The summed E-state index contributed by atoms with van der Waals surface area (Å²) >= 11 is 0. The maximum atomic E-state index is 9.21. The van der Waals surface area contributed by atoms with Crippen LogP contribution in [0.2, 0.25) is 0 Å². The highest BCUT2D eigenvalue weighted by Gasteiger charge is 2.29. The molecule has 0 amide bonds. The quantitative estimate of drug-likeness (QED) is 0.252. The van der Waals surface area contributed by atoms with Crippen molar-refractivity contribution in [1.82, 2.24) is 5.32 Å². The Morgan fingerprint density at radius 3 is 2.53 bits per heavy atom. The Labute approximate surface area is 90.1 Å². The average Bonchev–Trinajstić information content (AvgIpc) is 2.51. The van der Waals surface area contributed by atoms with Crippen LogP contribution in [0.4, 0.5) is 0 Å². The first-order valence-corrected chi connectivity index (χ1v) is 5.50. The molecule has 0 bridgehead atoms. The van der Waals surface area contributed by atoms with E-state index < -0.39 is 0 Å². The third-order valence-corrected chi connectivity index (χ3v) is 2.91. The van der Waals surface area contributed by atoms with Gasteiger partial charge in [0.05, 0.1) is 6.07 Å². The van der Waals surface area contributed by atoms with Crippen LogP contribution in [0.1, 0.15) is 38.5 Å². The smallest absolute Gasteiger partial charge is 0.106 e. The normalized spacial score (nSPS) is 19.7. The molecule has 1 fully saturated rings. The first kappa shape index (κ1) is 11.8. The van der Waals surface area contributed by atoms with Crippen LogP contribution < -0.4 is 5.32 Å². The second-order valence-corrected chi connectivity index (χ2v) is 3.99. The molecule has 0 spiro atoms. The number of rotatable bonds is 4. The van der Waals surface area contributed by atoms with Gasteiger partial charge in [-0.25, -0.2) is 0 Å². The van der Waals surface area contributed by atoms with Gasteiger partial charge in [0.2, 0.25) is 0 Å². The molecule has 0 aliphatic heterocycles. The molecule has 0 radical (unpaired) electrons. The summed E-state index contributed by atoms with van der Waals surface area (Å²) in [7, 11) is 0. The molecule has 0 atom stereocenters. The lowest BCUT2D eigenvalue weighted by molar-refractivity contribution is 0.370. The van der Waals surface area contributed by atoms with E-state index in [0.29, 0.717) is 13.1 Å². The molecule has 1 aliphatic carbocycles. The van der Waals surface area contributed by atoms with Crippen molar-refractivity contribution >= 4 is 0 Å². The monoisotopic (exact) mass is 207 g/mol. The molecule has 5 nitrogen and oxygen atoms in total. The van der Waals surface area contributed by atoms with Crippen molar-refractivity contribution in [2.24, 2.45) is 5.11 Å². The summed E-state index contributed by atoms with van der Waals surface area (Å²) in [4.78, 5) is 2.69. The van der Waals surface area contributed by atoms with E-state index in [9.17, 15) is 5.26 Å². The molecule has 1 aliphatic rings. The minimum Gasteiger partial charge on any atom is -0.299 e. The van der Waals surface area contributed by atoms with Gasteiger partial charge in [-0.05, 0) is 18.4 Å². The zero-order valence-electron chi connectivity index (χ0n) is 8.95. The zero-order chi connectivity index (χ0) is 11.0. The predicted octanol–water partition coefficient (Wildman–Crippen LogP) is 2.50. The van der Waals surface area contributed by atoms with Crippen molar-refractivity contribution in [3.8, 4) is 6.07 Å². The van der Waals surface area contributed by atoms with Crippen LogP contribution in [-0.4, -0.2) is 18.6 Å². The minimum atomic E-state index is -0.374. The molecule has 0 aromatic carbocycles. The number of azide groups is 1. The van der Waals surface area contributed by atoms with Crippen molar-refractivity contribution in [3.05, 3.63) is 10.4 Å². The Kier molecular flexibility index (Phi) is 4.96. The number of hydrogen-bond acceptors (Lipinski definition) is 3. The van der Waals surface area contributed by atoms with Crippen molar-refractivity contribution in [2.75, 3.05) is 13.1 Å².